The van der Waals surface area contributed by atoms with Gasteiger partial charge in [-0.3, -0.25) is 9.59 Å². The predicted octanol–water partition coefficient (Wildman–Crippen LogP) is 5.99. The van der Waals surface area contributed by atoms with E-state index in [1.165, 1.54) is 6.21 Å². The number of para-hydroxylation sites is 2. The zero-order valence-electron chi connectivity index (χ0n) is 19.8. The Morgan fingerprint density at radius 3 is 2.32 bits per heavy atom. The normalized spacial score (nSPS) is 10.6. The number of nitrogens with zero attached hydrogens (tertiary/aromatic N) is 1. The molecule has 4 rings (SSSR count). The Bertz CT molecular complexity index is 1480. The number of carbonyl (C=O) groups is 3. The number of anilines is 1. The standard InChI is InChI=1S/C29H22BrN3O4/c1-19-7-6-9-21(17-19)27(34)32-25-11-4-3-10-24(25)28(35)33-31-18-22-8-2-5-12-26(22)37-29(36)20-13-15-23(30)16-14-20/h2-18H,1H3,(H,32,34)(H,33,35)/b31-18-. The molecule has 2 N–H and O–H groups in total. The SMILES string of the molecule is Cc1cccc(C(=O)Nc2ccccc2C(=O)N/N=C\c2ccccc2OC(=O)c2ccc(Br)cc2)c1. The average molecular weight is 556 g/mol. The predicted molar refractivity (Wildman–Crippen MR) is 146 cm³/mol. The van der Waals surface area contributed by atoms with Crippen LogP contribution in [0, 0.1) is 6.92 Å². The summed E-state index contributed by atoms with van der Waals surface area (Å²) in [6.45, 7) is 1.90. The minimum Gasteiger partial charge on any atom is -0.422 e. The highest BCUT2D eigenvalue weighted by Crippen LogP contribution is 2.20. The molecule has 4 aromatic rings. The summed E-state index contributed by atoms with van der Waals surface area (Å²) in [6.07, 6.45) is 1.38. The van der Waals surface area contributed by atoms with Gasteiger partial charge in [0.05, 0.1) is 23.0 Å². The molecule has 8 heteroatoms. The van der Waals surface area contributed by atoms with E-state index in [1.54, 1.807) is 91.0 Å². The van der Waals surface area contributed by atoms with Crippen LogP contribution in [-0.2, 0) is 0 Å². The first-order chi connectivity index (χ1) is 17.9. The van der Waals surface area contributed by atoms with Crippen molar-refractivity contribution < 1.29 is 19.1 Å². The Hall–Kier alpha value is -4.56. The monoisotopic (exact) mass is 555 g/mol. The molecule has 0 atom stereocenters. The van der Waals surface area contributed by atoms with E-state index in [4.69, 9.17) is 4.74 Å². The zero-order valence-corrected chi connectivity index (χ0v) is 21.4. The molecule has 0 aliphatic heterocycles. The van der Waals surface area contributed by atoms with Crippen molar-refractivity contribution in [3.05, 3.63) is 129 Å². The van der Waals surface area contributed by atoms with Crippen molar-refractivity contribution in [2.75, 3.05) is 5.32 Å². The van der Waals surface area contributed by atoms with Gasteiger partial charge in [-0.15, -0.1) is 0 Å². The van der Waals surface area contributed by atoms with Crippen LogP contribution in [0.2, 0.25) is 0 Å². The molecule has 0 spiro atoms. The van der Waals surface area contributed by atoms with Crippen molar-refractivity contribution in [3.63, 3.8) is 0 Å². The van der Waals surface area contributed by atoms with Gasteiger partial charge in [-0.25, -0.2) is 10.2 Å². The second-order valence-corrected chi connectivity index (χ2v) is 8.92. The molecular formula is C29H22BrN3O4. The fourth-order valence-electron chi connectivity index (χ4n) is 3.42. The second-order valence-electron chi connectivity index (χ2n) is 8.00. The first kappa shape index (κ1) is 25.5. The third-order valence-electron chi connectivity index (χ3n) is 5.27. The molecule has 0 bridgehead atoms. The minimum atomic E-state index is -0.518. The molecule has 4 aromatic carbocycles. The summed E-state index contributed by atoms with van der Waals surface area (Å²) in [4.78, 5) is 38.0. The topological polar surface area (TPSA) is 96.9 Å². The average Bonchev–Trinajstić information content (AvgIpc) is 2.90. The lowest BCUT2D eigenvalue weighted by Crippen LogP contribution is -2.21. The van der Waals surface area contributed by atoms with Crippen LogP contribution >= 0.6 is 15.9 Å². The van der Waals surface area contributed by atoms with E-state index in [-0.39, 0.29) is 11.5 Å². The summed E-state index contributed by atoms with van der Waals surface area (Å²) >= 11 is 3.33. The zero-order chi connectivity index (χ0) is 26.2. The van der Waals surface area contributed by atoms with Crippen molar-refractivity contribution in [2.24, 2.45) is 5.10 Å². The van der Waals surface area contributed by atoms with Crippen LogP contribution < -0.4 is 15.5 Å². The molecule has 0 unspecified atom stereocenters. The smallest absolute Gasteiger partial charge is 0.343 e. The highest BCUT2D eigenvalue weighted by Gasteiger charge is 2.14. The highest BCUT2D eigenvalue weighted by molar-refractivity contribution is 9.10. The van der Waals surface area contributed by atoms with Gasteiger partial charge in [-0.05, 0) is 67.6 Å². The highest BCUT2D eigenvalue weighted by atomic mass is 79.9. The lowest BCUT2D eigenvalue weighted by molar-refractivity contribution is 0.0733. The lowest BCUT2D eigenvalue weighted by atomic mass is 10.1. The number of esters is 1. The summed E-state index contributed by atoms with van der Waals surface area (Å²) in [5, 5.41) is 6.81. The number of halogens is 1. The van der Waals surface area contributed by atoms with E-state index in [9.17, 15) is 14.4 Å². The molecule has 0 saturated heterocycles. The summed E-state index contributed by atoms with van der Waals surface area (Å²) in [6, 6.07) is 27.4. The molecule has 0 aliphatic rings. The van der Waals surface area contributed by atoms with Gasteiger partial charge in [-0.2, -0.15) is 5.10 Å². The molecule has 0 fully saturated rings. The fourth-order valence-corrected chi connectivity index (χ4v) is 3.68. The Labute approximate surface area is 222 Å². The number of hydrogen-bond acceptors (Lipinski definition) is 5. The van der Waals surface area contributed by atoms with E-state index >= 15 is 0 Å². The third kappa shape index (κ3) is 6.77. The fraction of sp³-hybridized carbons (Fsp3) is 0.0345. The number of aryl methyl sites for hydroxylation is 1. The quantitative estimate of drug-likeness (QED) is 0.126. The van der Waals surface area contributed by atoms with E-state index in [0.717, 1.165) is 10.0 Å². The van der Waals surface area contributed by atoms with Crippen molar-refractivity contribution >= 4 is 45.6 Å². The number of rotatable bonds is 7. The summed E-state index contributed by atoms with van der Waals surface area (Å²) in [5.41, 5.74) is 5.39. The molecule has 0 radical (unpaired) electrons. The number of ether oxygens (including phenoxy) is 1. The van der Waals surface area contributed by atoms with Crippen molar-refractivity contribution in [1.82, 2.24) is 5.43 Å². The van der Waals surface area contributed by atoms with Gasteiger partial charge in [0.2, 0.25) is 0 Å². The molecule has 2 amide bonds. The first-order valence-electron chi connectivity index (χ1n) is 11.3. The van der Waals surface area contributed by atoms with Gasteiger partial charge < -0.3 is 10.1 Å². The van der Waals surface area contributed by atoms with Crippen LogP contribution in [0.5, 0.6) is 5.75 Å². The van der Waals surface area contributed by atoms with Crippen LogP contribution in [-0.4, -0.2) is 24.0 Å². The molecule has 0 saturated carbocycles. The lowest BCUT2D eigenvalue weighted by Gasteiger charge is -2.10. The number of hydrogen-bond donors (Lipinski definition) is 2. The molecule has 0 aliphatic carbocycles. The van der Waals surface area contributed by atoms with Gasteiger partial charge in [0, 0.05) is 15.6 Å². The van der Waals surface area contributed by atoms with E-state index < -0.39 is 11.9 Å². The Morgan fingerprint density at radius 2 is 1.54 bits per heavy atom. The van der Waals surface area contributed by atoms with Gasteiger partial charge in [0.1, 0.15) is 5.75 Å². The van der Waals surface area contributed by atoms with Crippen molar-refractivity contribution in [1.29, 1.82) is 0 Å². The molecule has 37 heavy (non-hydrogen) atoms. The van der Waals surface area contributed by atoms with Crippen molar-refractivity contribution in [2.45, 2.75) is 6.92 Å². The second kappa shape index (κ2) is 11.9. The third-order valence-corrected chi connectivity index (χ3v) is 5.80. The maximum atomic E-state index is 12.8. The van der Waals surface area contributed by atoms with Crippen LogP contribution in [0.3, 0.4) is 0 Å². The Kier molecular flexibility index (Phi) is 8.22. The van der Waals surface area contributed by atoms with E-state index in [0.29, 0.717) is 28.1 Å². The molecule has 7 nitrogen and oxygen atoms in total. The number of hydrazone groups is 1. The maximum absolute atomic E-state index is 12.8. The van der Waals surface area contributed by atoms with Gasteiger partial charge in [0.25, 0.3) is 11.8 Å². The summed E-state index contributed by atoms with van der Waals surface area (Å²) in [7, 11) is 0. The van der Waals surface area contributed by atoms with Crippen LogP contribution in [0.1, 0.15) is 42.2 Å². The summed E-state index contributed by atoms with van der Waals surface area (Å²) < 4.78 is 6.37. The first-order valence-corrected chi connectivity index (χ1v) is 12.1. The molecule has 0 heterocycles. The Balaban J connectivity index is 1.44. The number of carbonyl (C=O) groups excluding carboxylic acids is 3. The van der Waals surface area contributed by atoms with Crippen LogP contribution in [0.15, 0.2) is 107 Å². The van der Waals surface area contributed by atoms with Gasteiger partial charge >= 0.3 is 5.97 Å². The van der Waals surface area contributed by atoms with Gasteiger partial charge in [-0.1, -0.05) is 57.9 Å². The van der Waals surface area contributed by atoms with Crippen LogP contribution in [0.4, 0.5) is 5.69 Å². The molecular weight excluding hydrogens is 534 g/mol. The maximum Gasteiger partial charge on any atom is 0.343 e. The molecule has 0 aromatic heterocycles. The number of nitrogens with one attached hydrogen (secondary N) is 2. The molecule has 184 valence electrons. The van der Waals surface area contributed by atoms with E-state index in [1.807, 2.05) is 13.0 Å². The Morgan fingerprint density at radius 1 is 0.811 bits per heavy atom. The van der Waals surface area contributed by atoms with Crippen molar-refractivity contribution in [3.8, 4) is 5.75 Å². The van der Waals surface area contributed by atoms with Crippen LogP contribution in [0.25, 0.3) is 0 Å². The summed E-state index contributed by atoms with van der Waals surface area (Å²) in [5.74, 6) is -1.07. The van der Waals surface area contributed by atoms with Gasteiger partial charge in [0.15, 0.2) is 0 Å². The minimum absolute atomic E-state index is 0.246. The number of amides is 2. The van der Waals surface area contributed by atoms with E-state index in [2.05, 4.69) is 31.8 Å². The largest absolute Gasteiger partial charge is 0.422 e. The number of benzene rings is 4.